The molecule has 0 radical (unpaired) electrons. The van der Waals surface area contributed by atoms with Crippen LogP contribution in [0.2, 0.25) is 0 Å². The molecule has 2 fully saturated rings. The summed E-state index contributed by atoms with van der Waals surface area (Å²) < 4.78 is 14.5. The van der Waals surface area contributed by atoms with Gasteiger partial charge in [-0.1, -0.05) is 0 Å². The van der Waals surface area contributed by atoms with E-state index in [-0.39, 0.29) is 5.92 Å². The van der Waals surface area contributed by atoms with Crippen molar-refractivity contribution in [3.8, 4) is 12.1 Å². The van der Waals surface area contributed by atoms with Crippen molar-refractivity contribution in [3.05, 3.63) is 18.7 Å². The average Bonchev–Trinajstić information content (AvgIpc) is 3.06. The van der Waals surface area contributed by atoms with E-state index in [0.717, 1.165) is 16.5 Å². The van der Waals surface area contributed by atoms with Gasteiger partial charge in [-0.15, -0.1) is 0 Å². The van der Waals surface area contributed by atoms with E-state index in [0.29, 0.717) is 19.3 Å². The maximum Gasteiger partial charge on any atom is 0.497 e. The fourth-order valence-corrected chi connectivity index (χ4v) is 4.03. The molecule has 2 aromatic rings. The number of nitrogens with zero attached hydrogens (tertiary/aromatic N) is 5. The highest BCUT2D eigenvalue weighted by Gasteiger charge is 2.53. The molecule has 7 nitrogen and oxygen atoms in total. The summed E-state index contributed by atoms with van der Waals surface area (Å²) >= 11 is 0. The molecule has 0 bridgehead atoms. The van der Waals surface area contributed by atoms with Crippen LogP contribution in [0.4, 0.5) is 0 Å². The quantitative estimate of drug-likeness (QED) is 0.776. The van der Waals surface area contributed by atoms with Crippen LogP contribution in [-0.4, -0.2) is 32.9 Å². The molecule has 3 heterocycles. The molecule has 8 heteroatoms. The number of hydrogen-bond acceptors (Lipinski definition) is 6. The average molecular weight is 363 g/mol. The Hall–Kier alpha value is -2.42. The zero-order valence-electron chi connectivity index (χ0n) is 16.1. The summed E-state index contributed by atoms with van der Waals surface area (Å²) in [5, 5.41) is 19.5. The molecule has 0 spiro atoms. The lowest BCUT2D eigenvalue weighted by Gasteiger charge is -2.45. The lowest BCUT2D eigenvalue weighted by molar-refractivity contribution is 0.00578. The van der Waals surface area contributed by atoms with Gasteiger partial charge in [0, 0.05) is 23.2 Å². The first kappa shape index (κ1) is 18.0. The normalized spacial score (nSPS) is 28.5. The molecule has 0 amide bonds. The van der Waals surface area contributed by atoms with E-state index in [4.69, 9.17) is 9.31 Å². The monoisotopic (exact) mass is 363 g/mol. The Balaban J connectivity index is 1.82. The number of rotatable bonds is 3. The second-order valence-electron chi connectivity index (χ2n) is 8.60. The number of hydrogen-bond donors (Lipinski definition) is 0. The first-order valence-electron chi connectivity index (χ1n) is 9.17. The van der Waals surface area contributed by atoms with Gasteiger partial charge in [0.15, 0.2) is 0 Å². The Morgan fingerprint density at radius 3 is 2.48 bits per heavy atom. The van der Waals surface area contributed by atoms with Gasteiger partial charge in [-0.05, 0) is 40.5 Å². The minimum absolute atomic E-state index is 0.0297. The Morgan fingerprint density at radius 2 is 1.89 bits per heavy atom. The van der Waals surface area contributed by atoms with Crippen molar-refractivity contribution in [2.45, 2.75) is 63.7 Å². The SMILES string of the molecule is CC1(C)OB(c2cn(C3(CC#N)CC(C#N)C3)c3ncncc23)OC1(C)C. The molecule has 4 rings (SSSR count). The van der Waals surface area contributed by atoms with Crippen molar-refractivity contribution >= 4 is 23.6 Å². The molecule has 27 heavy (non-hydrogen) atoms. The molecular formula is C19H22BN5O2. The van der Waals surface area contributed by atoms with Crippen LogP contribution in [0.25, 0.3) is 11.0 Å². The van der Waals surface area contributed by atoms with Crippen molar-refractivity contribution < 1.29 is 9.31 Å². The molecule has 2 aliphatic rings. The van der Waals surface area contributed by atoms with Crippen LogP contribution in [0, 0.1) is 28.6 Å². The molecule has 0 aromatic carbocycles. The Bertz CT molecular complexity index is 962. The minimum Gasteiger partial charge on any atom is -0.399 e. The highest BCUT2D eigenvalue weighted by molar-refractivity contribution is 6.65. The first-order valence-corrected chi connectivity index (χ1v) is 9.17. The molecule has 0 N–H and O–H groups in total. The molecule has 2 aromatic heterocycles. The van der Waals surface area contributed by atoms with Crippen LogP contribution >= 0.6 is 0 Å². The zero-order valence-corrected chi connectivity index (χ0v) is 16.1. The van der Waals surface area contributed by atoms with Gasteiger partial charge in [0.2, 0.25) is 0 Å². The van der Waals surface area contributed by atoms with E-state index in [9.17, 15) is 10.5 Å². The van der Waals surface area contributed by atoms with E-state index < -0.39 is 23.9 Å². The fraction of sp³-hybridized carbons (Fsp3) is 0.579. The smallest absolute Gasteiger partial charge is 0.399 e. The summed E-state index contributed by atoms with van der Waals surface area (Å²) in [5.74, 6) is -0.0297. The second-order valence-corrected chi connectivity index (χ2v) is 8.60. The summed E-state index contributed by atoms with van der Waals surface area (Å²) in [7, 11) is -0.532. The first-order chi connectivity index (χ1) is 12.7. The summed E-state index contributed by atoms with van der Waals surface area (Å²) in [6, 6.07) is 4.60. The highest BCUT2D eigenvalue weighted by atomic mass is 16.7. The van der Waals surface area contributed by atoms with Crippen LogP contribution in [-0.2, 0) is 14.8 Å². The largest absolute Gasteiger partial charge is 0.497 e. The molecule has 0 atom stereocenters. The molecule has 1 saturated heterocycles. The third kappa shape index (κ3) is 2.55. The molecular weight excluding hydrogens is 341 g/mol. The van der Waals surface area contributed by atoms with Crippen molar-refractivity contribution in [2.24, 2.45) is 5.92 Å². The van der Waals surface area contributed by atoms with Crippen LogP contribution in [0.5, 0.6) is 0 Å². The number of nitriles is 2. The molecule has 1 aliphatic heterocycles. The van der Waals surface area contributed by atoms with Crippen LogP contribution in [0.15, 0.2) is 18.7 Å². The van der Waals surface area contributed by atoms with E-state index >= 15 is 0 Å². The molecule has 138 valence electrons. The Kier molecular flexibility index (Phi) is 3.85. The van der Waals surface area contributed by atoms with Crippen LogP contribution in [0.3, 0.4) is 0 Å². The van der Waals surface area contributed by atoms with Crippen molar-refractivity contribution in [1.29, 1.82) is 10.5 Å². The van der Waals surface area contributed by atoms with Crippen LogP contribution in [0.1, 0.15) is 47.0 Å². The topological polar surface area (TPSA) is 96.8 Å². The van der Waals surface area contributed by atoms with Crippen molar-refractivity contribution in [1.82, 2.24) is 14.5 Å². The van der Waals surface area contributed by atoms with Crippen molar-refractivity contribution in [2.75, 3.05) is 0 Å². The van der Waals surface area contributed by atoms with Gasteiger partial charge in [-0.25, -0.2) is 9.97 Å². The predicted octanol–water partition coefficient (Wildman–Crippen LogP) is 2.27. The van der Waals surface area contributed by atoms with Crippen molar-refractivity contribution in [3.63, 3.8) is 0 Å². The van der Waals surface area contributed by atoms with E-state index in [1.807, 2.05) is 38.5 Å². The van der Waals surface area contributed by atoms with Gasteiger partial charge in [-0.2, -0.15) is 10.5 Å². The van der Waals surface area contributed by atoms with Gasteiger partial charge in [0.1, 0.15) is 12.0 Å². The second kappa shape index (κ2) is 5.79. The summed E-state index contributed by atoms with van der Waals surface area (Å²) in [6.07, 6.45) is 6.88. The minimum atomic E-state index is -0.532. The standard InChI is InChI=1S/C19H22BN5O2/c1-17(2)18(3,4)27-20(26-17)15-11-25(16-14(15)10-23-12-24-16)19(5-6-21)7-13(8-19)9-22/h10-13H,5,7-8H2,1-4H3. The van der Waals surface area contributed by atoms with E-state index in [1.165, 1.54) is 6.33 Å². The van der Waals surface area contributed by atoms with Gasteiger partial charge >= 0.3 is 7.12 Å². The third-order valence-electron chi connectivity index (χ3n) is 6.36. The summed E-state index contributed by atoms with van der Waals surface area (Å²) in [4.78, 5) is 8.66. The number of aromatic nitrogens is 3. The van der Waals surface area contributed by atoms with Gasteiger partial charge in [0.05, 0.1) is 41.2 Å². The number of fused-ring (bicyclic) bond motifs is 1. The highest BCUT2D eigenvalue weighted by Crippen LogP contribution is 2.47. The predicted molar refractivity (Wildman–Crippen MR) is 99.8 cm³/mol. The third-order valence-corrected chi connectivity index (χ3v) is 6.36. The van der Waals surface area contributed by atoms with E-state index in [1.54, 1.807) is 6.20 Å². The van der Waals surface area contributed by atoms with Crippen LogP contribution < -0.4 is 5.46 Å². The lowest BCUT2D eigenvalue weighted by atomic mass is 9.67. The Morgan fingerprint density at radius 1 is 1.22 bits per heavy atom. The summed E-state index contributed by atoms with van der Waals surface area (Å²) in [5.41, 5.74) is 0.301. The molecule has 0 unspecified atom stereocenters. The maximum absolute atomic E-state index is 9.39. The van der Waals surface area contributed by atoms with E-state index in [2.05, 4.69) is 22.1 Å². The lowest BCUT2D eigenvalue weighted by Crippen LogP contribution is -2.46. The van der Waals surface area contributed by atoms with Gasteiger partial charge in [0.25, 0.3) is 0 Å². The zero-order chi connectivity index (χ0) is 19.4. The maximum atomic E-state index is 9.39. The van der Waals surface area contributed by atoms with Gasteiger partial charge in [-0.3, -0.25) is 0 Å². The fourth-order valence-electron chi connectivity index (χ4n) is 4.03. The van der Waals surface area contributed by atoms with Gasteiger partial charge < -0.3 is 13.9 Å². The summed E-state index contributed by atoms with van der Waals surface area (Å²) in [6.45, 7) is 8.07. The molecule has 1 aliphatic carbocycles. The molecule has 1 saturated carbocycles. The Labute approximate surface area is 159 Å².